The van der Waals surface area contributed by atoms with Gasteiger partial charge in [-0.1, -0.05) is 0 Å². The number of nitrogens with zero attached hydrogens (tertiary/aromatic N) is 1. The fourth-order valence-corrected chi connectivity index (χ4v) is 3.20. The van der Waals surface area contributed by atoms with Crippen molar-refractivity contribution in [3.05, 3.63) is 27.4 Å². The second-order valence-corrected chi connectivity index (χ2v) is 5.99. The van der Waals surface area contributed by atoms with Crippen LogP contribution in [-0.2, 0) is 0 Å². The number of rotatable bonds is 4. The monoisotopic (exact) mass is 336 g/mol. The highest BCUT2D eigenvalue weighted by atomic mass is 32.1. The highest BCUT2D eigenvalue weighted by Crippen LogP contribution is 2.29. The molecule has 0 spiro atoms. The van der Waals surface area contributed by atoms with Crippen LogP contribution in [0.4, 0.5) is 13.2 Å². The van der Waals surface area contributed by atoms with Gasteiger partial charge in [0.2, 0.25) is 0 Å². The average molecular weight is 336 g/mol. The van der Waals surface area contributed by atoms with Crippen molar-refractivity contribution in [1.82, 2.24) is 10.3 Å². The molecule has 9 heteroatoms. The lowest BCUT2D eigenvalue weighted by molar-refractivity contribution is -0.201. The molecule has 1 amide bonds. The van der Waals surface area contributed by atoms with Crippen molar-refractivity contribution in [3.8, 4) is 10.6 Å². The van der Waals surface area contributed by atoms with Crippen molar-refractivity contribution in [2.75, 3.05) is 6.54 Å². The van der Waals surface area contributed by atoms with Crippen LogP contribution in [-0.4, -0.2) is 34.8 Å². The Kier molecular flexibility index (Phi) is 4.64. The molecule has 2 N–H and O–H groups in total. The molecule has 2 rings (SSSR count). The van der Waals surface area contributed by atoms with Crippen LogP contribution in [0.25, 0.3) is 10.6 Å². The predicted molar refractivity (Wildman–Crippen MR) is 74.6 cm³/mol. The number of aliphatic hydroxyl groups is 1. The summed E-state index contributed by atoms with van der Waals surface area (Å²) >= 11 is 2.59. The van der Waals surface area contributed by atoms with Crippen LogP contribution in [0.3, 0.4) is 0 Å². The molecule has 0 saturated heterocycles. The Morgan fingerprint density at radius 1 is 1.52 bits per heavy atom. The lowest BCUT2D eigenvalue weighted by Gasteiger charge is -2.14. The predicted octanol–water partition coefficient (Wildman–Crippen LogP) is 2.83. The minimum absolute atomic E-state index is 0.241. The molecule has 4 nitrogen and oxygen atoms in total. The first-order chi connectivity index (χ1) is 9.79. The summed E-state index contributed by atoms with van der Waals surface area (Å²) in [4.78, 5) is 16.3. The molecule has 2 heterocycles. The maximum Gasteiger partial charge on any atom is 0.416 e. The number of nitrogens with one attached hydrogen (secondary N) is 1. The van der Waals surface area contributed by atoms with Gasteiger partial charge in [-0.3, -0.25) is 4.79 Å². The number of aryl methyl sites for hydroxylation is 1. The number of aliphatic hydroxyl groups excluding tert-OH is 1. The SMILES string of the molecule is Cc1nc(-c2ccsc2)sc1C(=O)NCC(O)C(F)(F)F. The molecule has 0 aliphatic rings. The maximum absolute atomic E-state index is 12.2. The van der Waals surface area contributed by atoms with E-state index in [1.54, 1.807) is 6.92 Å². The van der Waals surface area contributed by atoms with E-state index in [-0.39, 0.29) is 4.88 Å². The van der Waals surface area contributed by atoms with E-state index in [1.165, 1.54) is 11.3 Å². The van der Waals surface area contributed by atoms with E-state index in [9.17, 15) is 18.0 Å². The summed E-state index contributed by atoms with van der Waals surface area (Å²) in [6, 6.07) is 1.85. The fourth-order valence-electron chi connectivity index (χ4n) is 1.50. The molecule has 0 fully saturated rings. The number of carbonyl (C=O) groups excluding carboxylic acids is 1. The first kappa shape index (κ1) is 15.9. The van der Waals surface area contributed by atoms with Gasteiger partial charge in [-0.25, -0.2) is 4.98 Å². The highest BCUT2D eigenvalue weighted by Gasteiger charge is 2.38. The van der Waals surface area contributed by atoms with Crippen LogP contribution in [0.5, 0.6) is 0 Å². The van der Waals surface area contributed by atoms with Crippen LogP contribution in [0, 0.1) is 6.92 Å². The van der Waals surface area contributed by atoms with Gasteiger partial charge in [-0.15, -0.1) is 11.3 Å². The third-order valence-electron chi connectivity index (χ3n) is 2.60. The smallest absolute Gasteiger partial charge is 0.382 e. The van der Waals surface area contributed by atoms with Crippen LogP contribution in [0.2, 0.25) is 0 Å². The average Bonchev–Trinajstić information content (AvgIpc) is 3.03. The second-order valence-electron chi connectivity index (χ2n) is 4.21. The lowest BCUT2D eigenvalue weighted by Crippen LogP contribution is -2.40. The van der Waals surface area contributed by atoms with Crippen molar-refractivity contribution in [2.24, 2.45) is 0 Å². The number of carbonyl (C=O) groups is 1. The molecular formula is C12H11F3N2O2S2. The summed E-state index contributed by atoms with van der Waals surface area (Å²) in [7, 11) is 0. The molecule has 0 bridgehead atoms. The Labute approximate surface area is 126 Å². The number of halogens is 3. The molecule has 0 radical (unpaired) electrons. The van der Waals surface area contributed by atoms with Crippen LogP contribution < -0.4 is 5.32 Å². The van der Waals surface area contributed by atoms with E-state index < -0.39 is 24.7 Å². The number of hydrogen-bond acceptors (Lipinski definition) is 5. The topological polar surface area (TPSA) is 62.2 Å². The van der Waals surface area contributed by atoms with Gasteiger partial charge in [-0.05, 0) is 18.4 Å². The Bertz CT molecular complexity index is 623. The van der Waals surface area contributed by atoms with Gasteiger partial charge in [0.25, 0.3) is 5.91 Å². The van der Waals surface area contributed by atoms with Crippen molar-refractivity contribution in [3.63, 3.8) is 0 Å². The Morgan fingerprint density at radius 3 is 2.81 bits per heavy atom. The van der Waals surface area contributed by atoms with Crippen LogP contribution in [0.15, 0.2) is 16.8 Å². The molecule has 0 aliphatic carbocycles. The molecule has 0 saturated carbocycles. The minimum atomic E-state index is -4.75. The van der Waals surface area contributed by atoms with E-state index in [1.807, 2.05) is 16.8 Å². The van der Waals surface area contributed by atoms with Gasteiger partial charge in [0, 0.05) is 10.9 Å². The van der Waals surface area contributed by atoms with Gasteiger partial charge in [0.15, 0.2) is 6.10 Å². The molecule has 21 heavy (non-hydrogen) atoms. The van der Waals surface area contributed by atoms with E-state index in [0.29, 0.717) is 10.7 Å². The summed E-state index contributed by atoms with van der Waals surface area (Å²) in [5, 5.41) is 15.3. The Hall–Kier alpha value is -1.45. The number of amides is 1. The van der Waals surface area contributed by atoms with Gasteiger partial charge in [-0.2, -0.15) is 24.5 Å². The zero-order valence-electron chi connectivity index (χ0n) is 10.8. The second kappa shape index (κ2) is 6.12. The van der Waals surface area contributed by atoms with E-state index in [0.717, 1.165) is 16.9 Å². The number of aromatic nitrogens is 1. The molecule has 1 atom stereocenters. The maximum atomic E-state index is 12.2. The number of thiazole rings is 1. The summed E-state index contributed by atoms with van der Waals surface area (Å²) in [5.41, 5.74) is 1.31. The van der Waals surface area contributed by atoms with Gasteiger partial charge in [0.1, 0.15) is 9.88 Å². The Morgan fingerprint density at radius 2 is 2.24 bits per heavy atom. The van der Waals surface area contributed by atoms with Gasteiger partial charge in [0.05, 0.1) is 12.2 Å². The lowest BCUT2D eigenvalue weighted by atomic mass is 10.3. The summed E-state index contributed by atoms with van der Waals surface area (Å²) in [5.74, 6) is -0.672. The van der Waals surface area contributed by atoms with Crippen LogP contribution >= 0.6 is 22.7 Å². The quantitative estimate of drug-likeness (QED) is 0.902. The van der Waals surface area contributed by atoms with Crippen LogP contribution in [0.1, 0.15) is 15.4 Å². The zero-order chi connectivity index (χ0) is 15.6. The third-order valence-corrected chi connectivity index (χ3v) is 4.49. The fraction of sp³-hybridized carbons (Fsp3) is 0.333. The first-order valence-electron chi connectivity index (χ1n) is 5.82. The van der Waals surface area contributed by atoms with E-state index in [4.69, 9.17) is 5.11 Å². The zero-order valence-corrected chi connectivity index (χ0v) is 12.4. The molecule has 2 aromatic rings. The van der Waals surface area contributed by atoms with Gasteiger partial charge < -0.3 is 10.4 Å². The highest BCUT2D eigenvalue weighted by molar-refractivity contribution is 7.17. The van der Waals surface area contributed by atoms with Crippen molar-refractivity contribution in [1.29, 1.82) is 0 Å². The third kappa shape index (κ3) is 3.80. The van der Waals surface area contributed by atoms with E-state index >= 15 is 0 Å². The summed E-state index contributed by atoms with van der Waals surface area (Å²) < 4.78 is 36.5. The molecule has 114 valence electrons. The largest absolute Gasteiger partial charge is 0.416 e. The first-order valence-corrected chi connectivity index (χ1v) is 7.58. The molecule has 0 aromatic carbocycles. The van der Waals surface area contributed by atoms with E-state index in [2.05, 4.69) is 10.3 Å². The standard InChI is InChI=1S/C12H11F3N2O2S2/c1-6-9(10(19)16-4-8(18)12(13,14)15)21-11(17-6)7-2-3-20-5-7/h2-3,5,8,18H,4H2,1H3,(H,16,19). The Balaban J connectivity index is 2.07. The van der Waals surface area contributed by atoms with Crippen molar-refractivity contribution < 1.29 is 23.1 Å². The summed E-state index contributed by atoms with van der Waals surface area (Å²) in [6.07, 6.45) is -7.33. The minimum Gasteiger partial charge on any atom is -0.382 e. The molecule has 1 unspecified atom stereocenters. The van der Waals surface area contributed by atoms with Crippen molar-refractivity contribution in [2.45, 2.75) is 19.2 Å². The number of thiophene rings is 1. The molecular weight excluding hydrogens is 325 g/mol. The molecule has 0 aliphatic heterocycles. The van der Waals surface area contributed by atoms with Gasteiger partial charge >= 0.3 is 6.18 Å². The normalized spacial score (nSPS) is 13.2. The van der Waals surface area contributed by atoms with Crippen molar-refractivity contribution >= 4 is 28.6 Å². The molecule has 2 aromatic heterocycles. The summed E-state index contributed by atoms with van der Waals surface area (Å²) in [6.45, 7) is 0.731. The number of hydrogen-bond donors (Lipinski definition) is 2. The number of alkyl halides is 3.